The van der Waals surface area contributed by atoms with Gasteiger partial charge in [-0.2, -0.15) is 5.01 Å². The van der Waals surface area contributed by atoms with Gasteiger partial charge >= 0.3 is 12.1 Å². The highest BCUT2D eigenvalue weighted by atomic mass is 16.6. The lowest BCUT2D eigenvalue weighted by molar-refractivity contribution is -0.137. The van der Waals surface area contributed by atoms with E-state index in [4.69, 9.17) is 9.84 Å². The van der Waals surface area contributed by atoms with Crippen molar-refractivity contribution in [2.45, 2.75) is 45.4 Å². The Balaban J connectivity index is 2.39. The van der Waals surface area contributed by atoms with Crippen LogP contribution in [0, 0.1) is 0 Å². The molecular weight excluding hydrogens is 200 g/mol. The van der Waals surface area contributed by atoms with E-state index in [1.165, 1.54) is 5.01 Å². The Labute approximate surface area is 88.2 Å². The molecule has 1 fully saturated rings. The Bertz CT molecular complexity index is 284. The smallest absolute Gasteiger partial charge is 0.422 e. The Morgan fingerprint density at radius 3 is 2.27 bits per heavy atom. The fraction of sp³-hybridized carbons (Fsp3) is 0.778. The quantitative estimate of drug-likeness (QED) is 0.660. The molecule has 1 saturated heterocycles. The largest absolute Gasteiger partial charge is 0.480 e. The lowest BCUT2D eigenvalue weighted by Gasteiger charge is -2.19. The Hall–Kier alpha value is -1.30. The van der Waals surface area contributed by atoms with Gasteiger partial charge < -0.3 is 9.84 Å². The molecule has 0 saturated carbocycles. The molecule has 86 valence electrons. The van der Waals surface area contributed by atoms with Crippen LogP contribution in [0.2, 0.25) is 0 Å². The molecule has 0 aromatic heterocycles. The number of hydrogen-bond acceptors (Lipinski definition) is 4. The van der Waals surface area contributed by atoms with Gasteiger partial charge in [0.1, 0.15) is 11.6 Å². The van der Waals surface area contributed by atoms with Crippen molar-refractivity contribution in [3.63, 3.8) is 0 Å². The van der Waals surface area contributed by atoms with Crippen LogP contribution in [0.1, 0.15) is 27.7 Å². The molecule has 6 nitrogen and oxygen atoms in total. The van der Waals surface area contributed by atoms with Crippen LogP contribution >= 0.6 is 0 Å². The Kier molecular flexibility index (Phi) is 2.90. The van der Waals surface area contributed by atoms with Crippen LogP contribution in [-0.4, -0.2) is 39.9 Å². The van der Waals surface area contributed by atoms with Gasteiger partial charge in [0, 0.05) is 0 Å². The number of nitrogens with zero attached hydrogens (tertiary/aromatic N) is 1. The Morgan fingerprint density at radius 2 is 1.93 bits per heavy atom. The van der Waals surface area contributed by atoms with Gasteiger partial charge in [0.25, 0.3) is 0 Å². The van der Waals surface area contributed by atoms with E-state index >= 15 is 0 Å². The van der Waals surface area contributed by atoms with Crippen molar-refractivity contribution in [2.75, 3.05) is 0 Å². The number of nitrogens with one attached hydrogen (secondary N) is 1. The summed E-state index contributed by atoms with van der Waals surface area (Å²) in [7, 11) is 0. The fourth-order valence-corrected chi connectivity index (χ4v) is 1.25. The first kappa shape index (κ1) is 11.8. The number of amides is 1. The monoisotopic (exact) mass is 216 g/mol. The SMILES string of the molecule is CC1C(C(=O)O)N1NC(=O)OC(C)(C)C. The predicted molar refractivity (Wildman–Crippen MR) is 52.1 cm³/mol. The number of hydrazine groups is 1. The molecule has 3 unspecified atom stereocenters. The number of rotatable bonds is 2. The van der Waals surface area contributed by atoms with E-state index in [0.717, 1.165) is 0 Å². The van der Waals surface area contributed by atoms with Crippen molar-refractivity contribution >= 4 is 12.1 Å². The number of carbonyl (C=O) groups is 2. The number of carboxylic acid groups (broad SMARTS) is 1. The molecule has 0 aliphatic carbocycles. The van der Waals surface area contributed by atoms with E-state index in [-0.39, 0.29) is 6.04 Å². The highest BCUT2D eigenvalue weighted by molar-refractivity contribution is 5.79. The van der Waals surface area contributed by atoms with Crippen LogP contribution in [0.3, 0.4) is 0 Å². The third kappa shape index (κ3) is 3.09. The van der Waals surface area contributed by atoms with Crippen molar-refractivity contribution in [1.82, 2.24) is 10.4 Å². The molecule has 0 aromatic carbocycles. The zero-order chi connectivity index (χ0) is 11.8. The molecule has 1 aliphatic rings. The minimum Gasteiger partial charge on any atom is -0.480 e. The molecule has 1 heterocycles. The van der Waals surface area contributed by atoms with Crippen LogP contribution in [0.5, 0.6) is 0 Å². The summed E-state index contributed by atoms with van der Waals surface area (Å²) in [6.07, 6.45) is -0.627. The zero-order valence-electron chi connectivity index (χ0n) is 9.27. The van der Waals surface area contributed by atoms with Gasteiger partial charge in [0.05, 0.1) is 6.04 Å². The highest BCUT2D eigenvalue weighted by Gasteiger charge is 2.51. The summed E-state index contributed by atoms with van der Waals surface area (Å²) >= 11 is 0. The molecule has 0 radical (unpaired) electrons. The summed E-state index contributed by atoms with van der Waals surface area (Å²) < 4.78 is 4.98. The molecule has 2 N–H and O–H groups in total. The van der Waals surface area contributed by atoms with Crippen LogP contribution in [0.25, 0.3) is 0 Å². The van der Waals surface area contributed by atoms with Gasteiger partial charge in [-0.15, -0.1) is 0 Å². The van der Waals surface area contributed by atoms with Gasteiger partial charge in [-0.1, -0.05) is 0 Å². The van der Waals surface area contributed by atoms with Crippen molar-refractivity contribution in [1.29, 1.82) is 0 Å². The van der Waals surface area contributed by atoms with Crippen LogP contribution < -0.4 is 5.43 Å². The van der Waals surface area contributed by atoms with Crippen LogP contribution in [0.4, 0.5) is 4.79 Å². The van der Waals surface area contributed by atoms with Crippen molar-refractivity contribution < 1.29 is 19.4 Å². The second-order valence-electron chi connectivity index (χ2n) is 4.54. The maximum absolute atomic E-state index is 11.3. The average Bonchev–Trinajstić information content (AvgIpc) is 2.56. The van der Waals surface area contributed by atoms with Gasteiger partial charge in [0.2, 0.25) is 0 Å². The van der Waals surface area contributed by atoms with Gasteiger partial charge in [0.15, 0.2) is 0 Å². The van der Waals surface area contributed by atoms with E-state index < -0.39 is 23.7 Å². The van der Waals surface area contributed by atoms with E-state index in [9.17, 15) is 9.59 Å². The molecule has 3 atom stereocenters. The third-order valence-electron chi connectivity index (χ3n) is 1.98. The minimum atomic E-state index is -0.946. The number of carboxylic acids is 1. The summed E-state index contributed by atoms with van der Waals surface area (Å²) in [5.41, 5.74) is 1.80. The fourth-order valence-electron chi connectivity index (χ4n) is 1.25. The maximum Gasteiger partial charge on any atom is 0.422 e. The average molecular weight is 216 g/mol. The first-order chi connectivity index (χ1) is 6.72. The summed E-state index contributed by atoms with van der Waals surface area (Å²) in [5.74, 6) is -0.946. The number of carbonyl (C=O) groups excluding carboxylic acids is 1. The van der Waals surface area contributed by atoms with E-state index in [1.54, 1.807) is 27.7 Å². The molecule has 15 heavy (non-hydrogen) atoms. The van der Waals surface area contributed by atoms with Crippen molar-refractivity contribution in [2.24, 2.45) is 0 Å². The van der Waals surface area contributed by atoms with Gasteiger partial charge in [-0.3, -0.25) is 10.2 Å². The molecule has 1 amide bonds. The lowest BCUT2D eigenvalue weighted by atomic mass is 10.2. The van der Waals surface area contributed by atoms with Crippen LogP contribution in [-0.2, 0) is 9.53 Å². The normalized spacial score (nSPS) is 29.5. The summed E-state index contributed by atoms with van der Waals surface area (Å²) in [5, 5.41) is 10.0. The lowest BCUT2D eigenvalue weighted by Crippen LogP contribution is -2.37. The molecule has 0 spiro atoms. The Morgan fingerprint density at radius 1 is 1.40 bits per heavy atom. The first-order valence-corrected chi connectivity index (χ1v) is 4.73. The van der Waals surface area contributed by atoms with E-state index in [1.807, 2.05) is 0 Å². The molecule has 6 heteroatoms. The predicted octanol–water partition coefficient (Wildman–Crippen LogP) is 0.583. The first-order valence-electron chi connectivity index (χ1n) is 4.73. The maximum atomic E-state index is 11.3. The number of hydrogen-bond donors (Lipinski definition) is 2. The molecule has 1 rings (SSSR count). The molecular formula is C9H16N2O4. The second-order valence-corrected chi connectivity index (χ2v) is 4.54. The second kappa shape index (κ2) is 3.69. The zero-order valence-corrected chi connectivity index (χ0v) is 9.27. The molecule has 0 aromatic rings. The minimum absolute atomic E-state index is 0.185. The summed E-state index contributed by atoms with van der Waals surface area (Å²) in [6, 6.07) is -0.826. The highest BCUT2D eigenvalue weighted by Crippen LogP contribution is 2.24. The third-order valence-corrected chi connectivity index (χ3v) is 1.98. The number of aliphatic carboxylic acids is 1. The van der Waals surface area contributed by atoms with E-state index in [2.05, 4.69) is 5.43 Å². The van der Waals surface area contributed by atoms with Gasteiger partial charge in [-0.05, 0) is 27.7 Å². The molecule has 1 aliphatic heterocycles. The topological polar surface area (TPSA) is 78.6 Å². The summed E-state index contributed by atoms with van der Waals surface area (Å²) in [4.78, 5) is 21.9. The van der Waals surface area contributed by atoms with E-state index in [0.29, 0.717) is 0 Å². The number of ether oxygens (including phenoxy) is 1. The van der Waals surface area contributed by atoms with Crippen molar-refractivity contribution in [3.05, 3.63) is 0 Å². The van der Waals surface area contributed by atoms with Crippen molar-refractivity contribution in [3.8, 4) is 0 Å². The van der Waals surface area contributed by atoms with Gasteiger partial charge in [-0.25, -0.2) is 4.79 Å². The standard InChI is InChI=1S/C9H16N2O4/c1-5-6(7(12)13)11(5)10-8(14)15-9(2,3)4/h5-6H,1-4H3,(H,10,14)(H,12,13). The molecule has 0 bridgehead atoms. The van der Waals surface area contributed by atoms with Crippen LogP contribution in [0.15, 0.2) is 0 Å². The summed E-state index contributed by atoms with van der Waals surface area (Å²) in [6.45, 7) is 6.95.